The second-order valence-electron chi connectivity index (χ2n) is 2.81. The van der Waals surface area contributed by atoms with E-state index in [0.29, 0.717) is 0 Å². The summed E-state index contributed by atoms with van der Waals surface area (Å²) in [6, 6.07) is 0. The molecule has 0 saturated heterocycles. The molecule has 0 aliphatic rings. The van der Waals surface area contributed by atoms with Gasteiger partial charge in [0, 0.05) is 0 Å². The van der Waals surface area contributed by atoms with Gasteiger partial charge in [-0.25, -0.2) is 4.79 Å². The lowest BCUT2D eigenvalue weighted by molar-refractivity contribution is -0.134. The molecule has 0 aromatic heterocycles. The number of rotatable bonds is 4. The Hall–Kier alpha value is -1.03. The standard InChI is InChI=1S/C8H12ClNO3/c1-5(2)3-6(8(12)13)10-7(11)4-9/h3,5H,4H2,1-2H3,(H,10,11)(H,12,13). The Morgan fingerprint density at radius 1 is 1.54 bits per heavy atom. The topological polar surface area (TPSA) is 66.4 Å². The molecule has 0 spiro atoms. The van der Waals surface area contributed by atoms with E-state index in [4.69, 9.17) is 16.7 Å². The van der Waals surface area contributed by atoms with Crippen molar-refractivity contribution in [3.05, 3.63) is 11.8 Å². The van der Waals surface area contributed by atoms with Gasteiger partial charge in [0.2, 0.25) is 5.91 Å². The van der Waals surface area contributed by atoms with Gasteiger partial charge in [-0.1, -0.05) is 19.9 Å². The summed E-state index contributed by atoms with van der Waals surface area (Å²) in [4.78, 5) is 21.3. The summed E-state index contributed by atoms with van der Waals surface area (Å²) in [5, 5.41) is 10.8. The summed E-state index contributed by atoms with van der Waals surface area (Å²) in [5.74, 6) is -1.87. The van der Waals surface area contributed by atoms with E-state index in [9.17, 15) is 9.59 Å². The van der Waals surface area contributed by atoms with Crippen molar-refractivity contribution in [2.75, 3.05) is 5.88 Å². The third kappa shape index (κ3) is 5.25. The number of alkyl halides is 1. The molecular formula is C8H12ClNO3. The second-order valence-corrected chi connectivity index (χ2v) is 3.08. The third-order valence-corrected chi connectivity index (χ3v) is 1.37. The van der Waals surface area contributed by atoms with Gasteiger partial charge >= 0.3 is 5.97 Å². The number of allylic oxidation sites excluding steroid dienone is 1. The zero-order chi connectivity index (χ0) is 10.4. The Labute approximate surface area is 81.6 Å². The van der Waals surface area contributed by atoms with Crippen LogP contribution in [0.15, 0.2) is 11.8 Å². The lowest BCUT2D eigenvalue weighted by atomic mass is 10.2. The van der Waals surface area contributed by atoms with Gasteiger partial charge < -0.3 is 10.4 Å². The number of carbonyl (C=O) groups excluding carboxylic acids is 1. The van der Waals surface area contributed by atoms with Crippen molar-refractivity contribution in [1.82, 2.24) is 5.32 Å². The minimum atomic E-state index is -1.16. The second kappa shape index (κ2) is 5.59. The molecule has 4 nitrogen and oxygen atoms in total. The molecule has 0 unspecified atom stereocenters. The Kier molecular flexibility index (Phi) is 5.14. The van der Waals surface area contributed by atoms with Crippen LogP contribution >= 0.6 is 11.6 Å². The third-order valence-electron chi connectivity index (χ3n) is 1.13. The van der Waals surface area contributed by atoms with Crippen molar-refractivity contribution in [3.8, 4) is 0 Å². The van der Waals surface area contributed by atoms with Crippen LogP contribution in [0.4, 0.5) is 0 Å². The number of carboxylic acids is 1. The Morgan fingerprint density at radius 2 is 2.08 bits per heavy atom. The van der Waals surface area contributed by atoms with Crippen molar-refractivity contribution in [2.24, 2.45) is 5.92 Å². The molecule has 74 valence electrons. The number of hydrogen-bond donors (Lipinski definition) is 2. The first-order valence-corrected chi connectivity index (χ1v) is 4.31. The largest absolute Gasteiger partial charge is 0.477 e. The molecule has 0 radical (unpaired) electrons. The average molecular weight is 206 g/mol. The maximum Gasteiger partial charge on any atom is 0.352 e. The molecule has 0 fully saturated rings. The highest BCUT2D eigenvalue weighted by Crippen LogP contribution is 1.99. The normalized spacial score (nSPS) is 11.5. The monoisotopic (exact) mass is 205 g/mol. The highest BCUT2D eigenvalue weighted by molar-refractivity contribution is 6.27. The fourth-order valence-electron chi connectivity index (χ4n) is 0.683. The van der Waals surface area contributed by atoms with Crippen molar-refractivity contribution in [1.29, 1.82) is 0 Å². The van der Waals surface area contributed by atoms with Crippen LogP contribution < -0.4 is 5.32 Å². The Morgan fingerprint density at radius 3 is 2.38 bits per heavy atom. The van der Waals surface area contributed by atoms with Crippen molar-refractivity contribution in [3.63, 3.8) is 0 Å². The highest BCUT2D eigenvalue weighted by Gasteiger charge is 2.10. The molecule has 0 heterocycles. The fraction of sp³-hybridized carbons (Fsp3) is 0.500. The van der Waals surface area contributed by atoms with Crippen LogP contribution in [-0.2, 0) is 9.59 Å². The molecule has 13 heavy (non-hydrogen) atoms. The highest BCUT2D eigenvalue weighted by atomic mass is 35.5. The summed E-state index contributed by atoms with van der Waals surface area (Å²) in [5.41, 5.74) is -0.124. The van der Waals surface area contributed by atoms with Gasteiger partial charge in [-0.15, -0.1) is 11.6 Å². The zero-order valence-electron chi connectivity index (χ0n) is 7.50. The molecule has 0 rings (SSSR count). The fourth-order valence-corrected chi connectivity index (χ4v) is 0.750. The number of nitrogens with one attached hydrogen (secondary N) is 1. The molecule has 0 bridgehead atoms. The van der Waals surface area contributed by atoms with Crippen LogP contribution in [0.3, 0.4) is 0 Å². The minimum Gasteiger partial charge on any atom is -0.477 e. The van der Waals surface area contributed by atoms with E-state index < -0.39 is 11.9 Å². The van der Waals surface area contributed by atoms with Gasteiger partial charge in [0.05, 0.1) is 0 Å². The molecule has 0 aliphatic heterocycles. The van der Waals surface area contributed by atoms with Gasteiger partial charge in [0.15, 0.2) is 0 Å². The van der Waals surface area contributed by atoms with Gasteiger partial charge in [0.1, 0.15) is 11.6 Å². The summed E-state index contributed by atoms with van der Waals surface area (Å²) in [6.45, 7) is 3.63. The summed E-state index contributed by atoms with van der Waals surface area (Å²) >= 11 is 5.21. The molecular weight excluding hydrogens is 194 g/mol. The number of hydrogen-bond acceptors (Lipinski definition) is 2. The van der Waals surface area contributed by atoms with Crippen LogP contribution in [-0.4, -0.2) is 22.9 Å². The lowest BCUT2D eigenvalue weighted by Gasteiger charge is -2.04. The van der Waals surface area contributed by atoms with Crippen LogP contribution in [0.1, 0.15) is 13.8 Å². The first-order chi connectivity index (χ1) is 5.97. The number of amides is 1. The summed E-state index contributed by atoms with van der Waals surface area (Å²) in [7, 11) is 0. The predicted molar refractivity (Wildman–Crippen MR) is 49.4 cm³/mol. The zero-order valence-corrected chi connectivity index (χ0v) is 8.26. The predicted octanol–water partition coefficient (Wildman–Crippen LogP) is 0.966. The smallest absolute Gasteiger partial charge is 0.352 e. The van der Waals surface area contributed by atoms with E-state index in [0.717, 1.165) is 0 Å². The number of halogens is 1. The SMILES string of the molecule is CC(C)C=C(NC(=O)CCl)C(=O)O. The van der Waals surface area contributed by atoms with Crippen molar-refractivity contribution >= 4 is 23.5 Å². The van der Waals surface area contributed by atoms with Gasteiger partial charge in [-0.05, 0) is 5.92 Å². The van der Waals surface area contributed by atoms with E-state index in [-0.39, 0.29) is 17.5 Å². The number of carbonyl (C=O) groups is 2. The van der Waals surface area contributed by atoms with Gasteiger partial charge in [-0.3, -0.25) is 4.79 Å². The molecule has 0 aromatic carbocycles. The van der Waals surface area contributed by atoms with Crippen LogP contribution in [0, 0.1) is 5.92 Å². The van der Waals surface area contributed by atoms with Crippen molar-refractivity contribution in [2.45, 2.75) is 13.8 Å². The molecule has 2 N–H and O–H groups in total. The van der Waals surface area contributed by atoms with E-state index in [1.807, 2.05) is 13.8 Å². The van der Waals surface area contributed by atoms with Crippen LogP contribution in [0.5, 0.6) is 0 Å². The molecule has 0 saturated carbocycles. The van der Waals surface area contributed by atoms with Gasteiger partial charge in [-0.2, -0.15) is 0 Å². The van der Waals surface area contributed by atoms with Crippen LogP contribution in [0.25, 0.3) is 0 Å². The molecule has 0 aromatic rings. The summed E-state index contributed by atoms with van der Waals surface area (Å²) in [6.07, 6.45) is 1.45. The van der Waals surface area contributed by atoms with E-state index in [1.165, 1.54) is 6.08 Å². The first-order valence-electron chi connectivity index (χ1n) is 3.78. The minimum absolute atomic E-state index is 0.0572. The first kappa shape index (κ1) is 12.0. The molecule has 0 aliphatic carbocycles. The van der Waals surface area contributed by atoms with Crippen LogP contribution in [0.2, 0.25) is 0 Å². The van der Waals surface area contributed by atoms with E-state index in [2.05, 4.69) is 5.32 Å². The number of carboxylic acid groups (broad SMARTS) is 1. The van der Waals surface area contributed by atoms with E-state index in [1.54, 1.807) is 0 Å². The number of aliphatic carboxylic acids is 1. The Bertz CT molecular complexity index is 236. The van der Waals surface area contributed by atoms with Crippen molar-refractivity contribution < 1.29 is 14.7 Å². The lowest BCUT2D eigenvalue weighted by Crippen LogP contribution is -2.28. The quantitative estimate of drug-likeness (QED) is 0.531. The molecule has 1 amide bonds. The molecule has 5 heteroatoms. The average Bonchev–Trinajstić information content (AvgIpc) is 2.02. The maximum atomic E-state index is 10.8. The summed E-state index contributed by atoms with van der Waals surface area (Å²) < 4.78 is 0. The van der Waals surface area contributed by atoms with E-state index >= 15 is 0 Å². The molecule has 0 atom stereocenters. The van der Waals surface area contributed by atoms with Gasteiger partial charge in [0.25, 0.3) is 0 Å². The maximum absolute atomic E-state index is 10.8. The Balaban J connectivity index is 4.45.